The number of nitrogens with zero attached hydrogens (tertiary/aromatic N) is 2. The van der Waals surface area contributed by atoms with Crippen LogP contribution in [0.5, 0.6) is 5.75 Å². The van der Waals surface area contributed by atoms with Crippen LogP contribution in [0.15, 0.2) is 22.1 Å². The molecule has 0 radical (unpaired) electrons. The molecule has 21 heavy (non-hydrogen) atoms. The van der Waals surface area contributed by atoms with Gasteiger partial charge < -0.3 is 9.72 Å². The van der Waals surface area contributed by atoms with Gasteiger partial charge in [-0.3, -0.25) is 9.19 Å². The molecule has 0 bridgehead atoms. The molecule has 1 N–H and O–H groups in total. The number of pyridine rings is 1. The Morgan fingerprint density at radius 1 is 1.48 bits per heavy atom. The van der Waals surface area contributed by atoms with Crippen LogP contribution in [0.2, 0.25) is 0 Å². The van der Waals surface area contributed by atoms with Gasteiger partial charge in [-0.15, -0.1) is 11.3 Å². The maximum absolute atomic E-state index is 13.5. The van der Waals surface area contributed by atoms with Crippen molar-refractivity contribution in [3.63, 3.8) is 0 Å². The summed E-state index contributed by atoms with van der Waals surface area (Å²) in [4.78, 5) is 11.3. The topological polar surface area (TPSA) is 67.9 Å². The van der Waals surface area contributed by atoms with Crippen molar-refractivity contribution < 1.29 is 13.3 Å². The minimum atomic E-state index is -1.38. The maximum Gasteiger partial charge on any atom is 0.197 e. The summed E-state index contributed by atoms with van der Waals surface area (Å²) in [5, 5.41) is 4.20. The normalized spacial score (nSPS) is 12.7. The second-order valence-electron chi connectivity index (χ2n) is 4.41. The van der Waals surface area contributed by atoms with E-state index in [0.717, 1.165) is 17.2 Å². The molecule has 110 valence electrons. The molecule has 0 aliphatic carbocycles. The number of ether oxygens (including phenoxy) is 1. The van der Waals surface area contributed by atoms with Crippen LogP contribution in [0.25, 0.3) is 11.0 Å². The van der Waals surface area contributed by atoms with Crippen molar-refractivity contribution in [2.45, 2.75) is 17.8 Å². The van der Waals surface area contributed by atoms with Crippen molar-refractivity contribution in [3.8, 4) is 5.75 Å². The van der Waals surface area contributed by atoms with E-state index in [1.165, 1.54) is 18.4 Å². The third-order valence-electron chi connectivity index (χ3n) is 3.12. The maximum atomic E-state index is 13.5. The summed E-state index contributed by atoms with van der Waals surface area (Å²) in [6, 6.07) is 0. The number of methoxy groups -OCH3 is 1. The molecule has 1 unspecified atom stereocenters. The number of nitrogens with one attached hydrogen (secondary N) is 1. The highest BCUT2D eigenvalue weighted by atomic mass is 32.2. The van der Waals surface area contributed by atoms with Crippen LogP contribution >= 0.6 is 11.3 Å². The second kappa shape index (κ2) is 5.53. The number of thiophene rings is 1. The molecule has 3 aromatic rings. The van der Waals surface area contributed by atoms with E-state index in [4.69, 9.17) is 4.74 Å². The predicted octanol–water partition coefficient (Wildman–Crippen LogP) is 2.78. The molecular weight excluding hydrogens is 313 g/mol. The monoisotopic (exact) mass is 325 g/mol. The first kappa shape index (κ1) is 14.2. The summed E-state index contributed by atoms with van der Waals surface area (Å²) in [5.74, 6) is -0.234. The summed E-state index contributed by atoms with van der Waals surface area (Å²) in [5.41, 5.74) is 2.75. The average Bonchev–Trinajstić information content (AvgIpc) is 3.03. The average molecular weight is 325 g/mol. The van der Waals surface area contributed by atoms with Crippen LogP contribution in [0.3, 0.4) is 0 Å². The van der Waals surface area contributed by atoms with Crippen LogP contribution in [0.4, 0.5) is 4.39 Å². The van der Waals surface area contributed by atoms with Gasteiger partial charge in [0.2, 0.25) is 0 Å². The Balaban J connectivity index is 1.89. The molecule has 1 atom stereocenters. The van der Waals surface area contributed by atoms with E-state index in [1.807, 2.05) is 10.8 Å². The molecule has 0 fully saturated rings. The van der Waals surface area contributed by atoms with Gasteiger partial charge in [-0.2, -0.15) is 0 Å². The highest BCUT2D eigenvalue weighted by Gasteiger charge is 2.17. The number of aromatic amines is 1. The van der Waals surface area contributed by atoms with Crippen molar-refractivity contribution in [1.82, 2.24) is 15.0 Å². The lowest BCUT2D eigenvalue weighted by molar-refractivity contribution is 0.381. The van der Waals surface area contributed by atoms with Gasteiger partial charge in [0.15, 0.2) is 16.7 Å². The number of aromatic nitrogens is 3. The molecule has 0 saturated heterocycles. The summed E-state index contributed by atoms with van der Waals surface area (Å²) < 4.78 is 30.9. The molecule has 5 nitrogen and oxygen atoms in total. The van der Waals surface area contributed by atoms with Gasteiger partial charge in [0.25, 0.3) is 0 Å². The largest absolute Gasteiger partial charge is 0.493 e. The highest BCUT2D eigenvalue weighted by Crippen LogP contribution is 2.25. The van der Waals surface area contributed by atoms with E-state index in [-0.39, 0.29) is 11.5 Å². The standard InChI is InChI=1S/C13H12FN3O2S2/c1-7-11(15-3-8(14)12(7)19-2)6-21(18)13-16-9-4-20-5-10(9)17-13/h3-5H,6H2,1-2H3,(H,16,17). The van der Waals surface area contributed by atoms with Crippen molar-refractivity contribution >= 4 is 33.2 Å². The summed E-state index contributed by atoms with van der Waals surface area (Å²) >= 11 is 1.53. The molecule has 0 aliphatic heterocycles. The van der Waals surface area contributed by atoms with Crippen molar-refractivity contribution in [2.24, 2.45) is 0 Å². The van der Waals surface area contributed by atoms with Crippen LogP contribution in [0, 0.1) is 12.7 Å². The molecule has 3 heterocycles. The van der Waals surface area contributed by atoms with E-state index in [2.05, 4.69) is 15.0 Å². The van der Waals surface area contributed by atoms with E-state index < -0.39 is 16.6 Å². The fraction of sp³-hybridized carbons (Fsp3) is 0.231. The summed E-state index contributed by atoms with van der Waals surface area (Å²) in [7, 11) is 0.0203. The van der Waals surface area contributed by atoms with Gasteiger partial charge in [0.05, 0.1) is 41.1 Å². The van der Waals surface area contributed by atoms with Crippen LogP contribution in [-0.4, -0.2) is 26.3 Å². The smallest absolute Gasteiger partial charge is 0.197 e. The third kappa shape index (κ3) is 2.56. The molecule has 3 aromatic heterocycles. The quantitative estimate of drug-likeness (QED) is 0.801. The zero-order chi connectivity index (χ0) is 15.0. The molecule has 8 heteroatoms. The van der Waals surface area contributed by atoms with Crippen LogP contribution in [0.1, 0.15) is 11.3 Å². The molecular formula is C13H12FN3O2S2. The molecule has 0 amide bonds. The summed E-state index contributed by atoms with van der Waals surface area (Å²) in [6.45, 7) is 1.70. The number of halogens is 1. The fourth-order valence-corrected chi connectivity index (χ4v) is 3.81. The number of H-pyrrole nitrogens is 1. The van der Waals surface area contributed by atoms with Gasteiger partial charge in [0.1, 0.15) is 5.52 Å². The zero-order valence-electron chi connectivity index (χ0n) is 11.3. The van der Waals surface area contributed by atoms with E-state index in [1.54, 1.807) is 6.92 Å². The summed E-state index contributed by atoms with van der Waals surface area (Å²) in [6.07, 6.45) is 1.08. The van der Waals surface area contributed by atoms with E-state index in [9.17, 15) is 8.60 Å². The fourth-order valence-electron chi connectivity index (χ4n) is 2.02. The first-order valence-corrected chi connectivity index (χ1v) is 8.34. The second-order valence-corrected chi connectivity index (χ2v) is 6.52. The minimum Gasteiger partial charge on any atom is -0.493 e. The number of fused-ring (bicyclic) bond motifs is 1. The Morgan fingerprint density at radius 3 is 3.00 bits per heavy atom. The Kier molecular flexibility index (Phi) is 3.73. The lowest BCUT2D eigenvalue weighted by Gasteiger charge is -2.09. The van der Waals surface area contributed by atoms with E-state index in [0.29, 0.717) is 16.4 Å². The number of hydrogen-bond acceptors (Lipinski definition) is 5. The van der Waals surface area contributed by atoms with Crippen LogP contribution < -0.4 is 4.74 Å². The number of rotatable bonds is 4. The van der Waals surface area contributed by atoms with Gasteiger partial charge in [-0.05, 0) is 6.92 Å². The predicted molar refractivity (Wildman–Crippen MR) is 79.6 cm³/mol. The Morgan fingerprint density at radius 2 is 2.29 bits per heavy atom. The van der Waals surface area contributed by atoms with Crippen molar-refractivity contribution in [2.75, 3.05) is 7.11 Å². The zero-order valence-corrected chi connectivity index (χ0v) is 13.0. The van der Waals surface area contributed by atoms with Crippen molar-refractivity contribution in [1.29, 1.82) is 0 Å². The SMILES string of the molecule is COc1c(F)cnc(CS(=O)c2nc3cscc3[nH]2)c1C. The van der Waals surface area contributed by atoms with Gasteiger partial charge >= 0.3 is 0 Å². The lowest BCUT2D eigenvalue weighted by atomic mass is 10.2. The Bertz CT molecular complexity index is 800. The van der Waals surface area contributed by atoms with E-state index >= 15 is 0 Å². The number of hydrogen-bond donors (Lipinski definition) is 1. The lowest BCUT2D eigenvalue weighted by Crippen LogP contribution is -2.05. The van der Waals surface area contributed by atoms with Gasteiger partial charge in [-0.1, -0.05) is 0 Å². The molecule has 3 rings (SSSR count). The number of imidazole rings is 1. The first-order valence-electron chi connectivity index (χ1n) is 6.08. The third-order valence-corrected chi connectivity index (χ3v) is 5.01. The first-order chi connectivity index (χ1) is 10.1. The van der Waals surface area contributed by atoms with Crippen LogP contribution in [-0.2, 0) is 16.6 Å². The molecule has 0 aliphatic rings. The molecule has 0 aromatic carbocycles. The van der Waals surface area contributed by atoms with Gasteiger partial charge in [0, 0.05) is 16.3 Å². The van der Waals surface area contributed by atoms with Gasteiger partial charge in [-0.25, -0.2) is 9.37 Å². The minimum absolute atomic E-state index is 0.136. The Labute approximate surface area is 126 Å². The molecule has 0 spiro atoms. The highest BCUT2D eigenvalue weighted by molar-refractivity contribution is 7.84. The van der Waals surface area contributed by atoms with Crippen molar-refractivity contribution in [3.05, 3.63) is 34.0 Å². The molecule has 0 saturated carbocycles. The Hall–Kier alpha value is -1.80.